The Morgan fingerprint density at radius 3 is 2.83 bits per heavy atom. The van der Waals surface area contributed by atoms with Gasteiger partial charge in [-0.1, -0.05) is 13.0 Å². The third-order valence-electron chi connectivity index (χ3n) is 6.43. The van der Waals surface area contributed by atoms with Gasteiger partial charge in [0.25, 0.3) is 5.91 Å². The number of halogens is 1. The van der Waals surface area contributed by atoms with Gasteiger partial charge in [0.15, 0.2) is 5.82 Å². The molecule has 0 spiro atoms. The quantitative estimate of drug-likeness (QED) is 0.436. The van der Waals surface area contributed by atoms with Crippen LogP contribution < -0.4 is 11.1 Å². The van der Waals surface area contributed by atoms with Gasteiger partial charge in [-0.2, -0.15) is 0 Å². The van der Waals surface area contributed by atoms with Crippen molar-refractivity contribution >= 4 is 40.1 Å². The molecule has 1 aromatic carbocycles. The van der Waals surface area contributed by atoms with Crippen LogP contribution in [0, 0.1) is 5.82 Å². The van der Waals surface area contributed by atoms with E-state index < -0.39 is 29.6 Å². The number of hydrogen-bond acceptors (Lipinski definition) is 6. The second-order valence-corrected chi connectivity index (χ2v) is 9.88. The molecule has 3 aromatic rings. The first-order chi connectivity index (χ1) is 16.8. The molecule has 0 aliphatic carbocycles. The van der Waals surface area contributed by atoms with Gasteiger partial charge in [-0.3, -0.25) is 14.4 Å². The lowest BCUT2D eigenvalue weighted by Crippen LogP contribution is -2.45. The molecule has 1 saturated heterocycles. The Labute approximate surface area is 206 Å². The van der Waals surface area contributed by atoms with E-state index in [4.69, 9.17) is 5.73 Å². The number of thiazole rings is 1. The lowest BCUT2D eigenvalue weighted by molar-refractivity contribution is -0.137. The molecule has 4 N–H and O–H groups in total. The lowest BCUT2D eigenvalue weighted by atomic mass is 9.97. The number of imidazole rings is 1. The van der Waals surface area contributed by atoms with Crippen molar-refractivity contribution in [3.05, 3.63) is 45.9 Å². The van der Waals surface area contributed by atoms with Crippen LogP contribution >= 0.6 is 11.3 Å². The number of nitrogens with one attached hydrogen (secondary N) is 2. The molecule has 3 atom stereocenters. The summed E-state index contributed by atoms with van der Waals surface area (Å²) in [5.41, 5.74) is 6.09. The van der Waals surface area contributed by atoms with Crippen LogP contribution in [0.1, 0.15) is 78.4 Å². The van der Waals surface area contributed by atoms with Gasteiger partial charge in [0.1, 0.15) is 21.2 Å². The molecule has 9 nitrogen and oxygen atoms in total. The van der Waals surface area contributed by atoms with Crippen molar-refractivity contribution in [3.63, 3.8) is 0 Å². The molecule has 186 valence electrons. The maximum absolute atomic E-state index is 14.1. The summed E-state index contributed by atoms with van der Waals surface area (Å²) in [5.74, 6) is -2.15. The summed E-state index contributed by atoms with van der Waals surface area (Å²) in [5, 5.41) is 3.22. The van der Waals surface area contributed by atoms with Crippen LogP contribution in [0.2, 0.25) is 0 Å². The van der Waals surface area contributed by atoms with Gasteiger partial charge >= 0.3 is 0 Å². The Hall–Kier alpha value is -3.34. The summed E-state index contributed by atoms with van der Waals surface area (Å²) in [4.78, 5) is 51.9. The molecule has 1 fully saturated rings. The van der Waals surface area contributed by atoms with Gasteiger partial charge in [0.2, 0.25) is 11.8 Å². The summed E-state index contributed by atoms with van der Waals surface area (Å²) in [7, 11) is 0. The van der Waals surface area contributed by atoms with Gasteiger partial charge in [0.05, 0.1) is 23.7 Å². The van der Waals surface area contributed by atoms with E-state index in [2.05, 4.69) is 27.2 Å². The SMILES string of the molecule is CC[C@H]1CCCCN1C(=O)C[C@@H](C(=O)N[C@@H](C)c1nc2c(F)cccc2[nH]1)c1ncc(C(N)=O)s1. The number of H-pyrrole nitrogens is 1. The van der Waals surface area contributed by atoms with Crippen LogP contribution in [-0.4, -0.2) is 50.2 Å². The summed E-state index contributed by atoms with van der Waals surface area (Å²) < 4.78 is 14.1. The van der Waals surface area contributed by atoms with Crippen LogP contribution in [0.4, 0.5) is 4.39 Å². The van der Waals surface area contributed by atoms with E-state index in [9.17, 15) is 18.8 Å². The zero-order valence-corrected chi connectivity index (χ0v) is 20.5. The molecule has 2 aromatic heterocycles. The van der Waals surface area contributed by atoms with Crippen molar-refractivity contribution in [3.8, 4) is 0 Å². The van der Waals surface area contributed by atoms with E-state index in [1.807, 2.05) is 4.90 Å². The molecule has 3 heterocycles. The van der Waals surface area contributed by atoms with E-state index >= 15 is 0 Å². The molecule has 0 saturated carbocycles. The summed E-state index contributed by atoms with van der Waals surface area (Å²) >= 11 is 1.01. The number of hydrogen-bond donors (Lipinski definition) is 3. The molecule has 3 amide bonds. The molecule has 11 heteroatoms. The average molecular weight is 501 g/mol. The number of fused-ring (bicyclic) bond motifs is 1. The number of piperidine rings is 1. The Balaban J connectivity index is 1.56. The molecule has 1 aliphatic rings. The van der Waals surface area contributed by atoms with Crippen molar-refractivity contribution in [1.29, 1.82) is 0 Å². The highest BCUT2D eigenvalue weighted by Crippen LogP contribution is 2.29. The van der Waals surface area contributed by atoms with E-state index in [1.165, 1.54) is 12.3 Å². The third-order valence-corrected chi connectivity index (χ3v) is 7.55. The van der Waals surface area contributed by atoms with Gasteiger partial charge in [-0.15, -0.1) is 11.3 Å². The summed E-state index contributed by atoms with van der Waals surface area (Å²) in [6, 6.07) is 4.17. The molecule has 0 radical (unpaired) electrons. The minimum absolute atomic E-state index is 0.0739. The smallest absolute Gasteiger partial charge is 0.260 e. The monoisotopic (exact) mass is 500 g/mol. The highest BCUT2D eigenvalue weighted by Gasteiger charge is 2.33. The molecule has 4 rings (SSSR count). The number of carbonyl (C=O) groups excluding carboxylic acids is 3. The number of aromatic amines is 1. The average Bonchev–Trinajstić information content (AvgIpc) is 3.51. The molecule has 1 aliphatic heterocycles. The number of amides is 3. The Kier molecular flexibility index (Phi) is 7.44. The van der Waals surface area contributed by atoms with Crippen molar-refractivity contribution in [2.75, 3.05) is 6.54 Å². The van der Waals surface area contributed by atoms with E-state index in [0.717, 1.165) is 37.0 Å². The Morgan fingerprint density at radius 1 is 1.34 bits per heavy atom. The highest BCUT2D eigenvalue weighted by molar-refractivity contribution is 7.13. The van der Waals surface area contributed by atoms with Gasteiger partial charge in [0, 0.05) is 19.0 Å². The maximum Gasteiger partial charge on any atom is 0.260 e. The van der Waals surface area contributed by atoms with Gasteiger partial charge < -0.3 is 20.9 Å². The first kappa shape index (κ1) is 24.8. The molecule has 0 bridgehead atoms. The zero-order chi connectivity index (χ0) is 25.1. The van der Waals surface area contributed by atoms with Crippen LogP contribution in [-0.2, 0) is 9.59 Å². The number of para-hydroxylation sites is 1. The van der Waals surface area contributed by atoms with Crippen molar-refractivity contribution in [2.45, 2.75) is 64.0 Å². The van der Waals surface area contributed by atoms with E-state index in [-0.39, 0.29) is 28.8 Å². The standard InChI is InChI=1S/C24H29FN6O3S/c1-3-14-7-4-5-10-31(14)19(32)11-15(24-27-12-18(35-24)21(26)33)23(34)28-13(2)22-29-17-9-6-8-16(25)20(17)30-22/h6,8-9,12-15H,3-5,7,10-11H2,1-2H3,(H2,26,33)(H,28,34)(H,29,30)/t13-,14-,15-/m0/s1. The van der Waals surface area contributed by atoms with Gasteiger partial charge in [-0.25, -0.2) is 14.4 Å². The number of nitrogens with two attached hydrogens (primary N) is 1. The van der Waals surface area contributed by atoms with Crippen molar-refractivity contribution in [2.24, 2.45) is 5.73 Å². The number of nitrogens with zero attached hydrogens (tertiary/aromatic N) is 3. The minimum Gasteiger partial charge on any atom is -0.365 e. The van der Waals surface area contributed by atoms with Crippen molar-refractivity contribution in [1.82, 2.24) is 25.2 Å². The largest absolute Gasteiger partial charge is 0.365 e. The lowest BCUT2D eigenvalue weighted by Gasteiger charge is -2.36. The first-order valence-electron chi connectivity index (χ1n) is 11.8. The Bertz CT molecular complexity index is 1240. The second-order valence-electron chi connectivity index (χ2n) is 8.82. The predicted octanol–water partition coefficient (Wildman–Crippen LogP) is 3.40. The van der Waals surface area contributed by atoms with Crippen molar-refractivity contribution < 1.29 is 18.8 Å². The highest BCUT2D eigenvalue weighted by atomic mass is 32.1. The Morgan fingerprint density at radius 2 is 2.14 bits per heavy atom. The first-order valence-corrected chi connectivity index (χ1v) is 12.6. The number of aromatic nitrogens is 3. The van der Waals surface area contributed by atoms with E-state index in [0.29, 0.717) is 22.9 Å². The zero-order valence-electron chi connectivity index (χ0n) is 19.7. The molecule has 0 unspecified atom stereocenters. The molecular formula is C24H29FN6O3S. The number of likely N-dealkylation sites (tertiary alicyclic amines) is 1. The van der Waals surface area contributed by atoms with Crippen LogP contribution in [0.15, 0.2) is 24.4 Å². The van der Waals surface area contributed by atoms with Gasteiger partial charge in [-0.05, 0) is 44.7 Å². The van der Waals surface area contributed by atoms with Crippen LogP contribution in [0.5, 0.6) is 0 Å². The number of carbonyl (C=O) groups is 3. The molecule has 35 heavy (non-hydrogen) atoms. The number of rotatable bonds is 8. The topological polar surface area (TPSA) is 134 Å². The summed E-state index contributed by atoms with van der Waals surface area (Å²) in [6.45, 7) is 4.44. The molecular weight excluding hydrogens is 471 g/mol. The maximum atomic E-state index is 14.1. The third kappa shape index (κ3) is 5.34. The fourth-order valence-electron chi connectivity index (χ4n) is 4.50. The second kappa shape index (κ2) is 10.5. The fourth-order valence-corrected chi connectivity index (χ4v) is 5.37. The van der Waals surface area contributed by atoms with Crippen LogP contribution in [0.25, 0.3) is 11.0 Å². The minimum atomic E-state index is -0.899. The fraction of sp³-hybridized carbons (Fsp3) is 0.458. The predicted molar refractivity (Wildman–Crippen MR) is 130 cm³/mol. The number of primary amides is 1. The number of benzene rings is 1. The van der Waals surface area contributed by atoms with E-state index in [1.54, 1.807) is 19.1 Å². The normalized spacial score (nSPS) is 17.8. The summed E-state index contributed by atoms with van der Waals surface area (Å²) in [6.07, 6.45) is 5.06. The van der Waals surface area contributed by atoms with Crippen LogP contribution in [0.3, 0.4) is 0 Å².